The van der Waals surface area contributed by atoms with Crippen LogP contribution in [0.5, 0.6) is 0 Å². The zero-order valence-electron chi connectivity index (χ0n) is 16.5. The minimum Gasteiger partial charge on any atom is -0.368 e. The number of terminal acetylenes is 1. The predicted octanol–water partition coefficient (Wildman–Crippen LogP) is 1.59. The number of hydrogen-bond acceptors (Lipinski definition) is 9. The molecule has 0 aliphatic heterocycles. The molecule has 0 fully saturated rings. The van der Waals surface area contributed by atoms with Gasteiger partial charge in [0.25, 0.3) is 5.91 Å². The van der Waals surface area contributed by atoms with Gasteiger partial charge in [-0.1, -0.05) is 5.92 Å². The fourth-order valence-corrected chi connectivity index (χ4v) is 4.39. The first kappa shape index (κ1) is 22.4. The normalized spacial score (nSPS) is 11.2. The van der Waals surface area contributed by atoms with E-state index in [0.717, 1.165) is 10.2 Å². The molecule has 0 amide bonds. The van der Waals surface area contributed by atoms with Gasteiger partial charge in [-0.3, -0.25) is 4.79 Å². The molecule has 3 aromatic rings. The van der Waals surface area contributed by atoms with Crippen molar-refractivity contribution in [3.8, 4) is 12.3 Å². The van der Waals surface area contributed by atoms with Crippen molar-refractivity contribution in [1.29, 1.82) is 0 Å². The van der Waals surface area contributed by atoms with E-state index in [0.29, 0.717) is 10.6 Å². The summed E-state index contributed by atoms with van der Waals surface area (Å²) in [7, 11) is -3.69. The lowest BCUT2D eigenvalue weighted by Crippen LogP contribution is -2.27. The molecule has 1 aromatic carbocycles. The highest BCUT2D eigenvalue weighted by Crippen LogP contribution is 2.21. The van der Waals surface area contributed by atoms with Crippen LogP contribution in [0.4, 0.5) is 17.6 Å². The number of hydrogen-bond donors (Lipinski definition) is 3. The van der Waals surface area contributed by atoms with Gasteiger partial charge in [-0.05, 0) is 48.2 Å². The highest BCUT2D eigenvalue weighted by atomic mass is 32.2. The fourth-order valence-electron chi connectivity index (χ4n) is 2.52. The van der Waals surface area contributed by atoms with Crippen molar-refractivity contribution in [3.05, 3.63) is 46.2 Å². The zero-order chi connectivity index (χ0) is 22.4. The summed E-state index contributed by atoms with van der Waals surface area (Å²) in [5.74, 6) is 1.98. The quantitative estimate of drug-likeness (QED) is 0.323. The molecular weight excluding hydrogens is 440 g/mol. The van der Waals surface area contributed by atoms with Crippen LogP contribution >= 0.6 is 11.3 Å². The molecule has 4 N–H and O–H groups in total. The van der Waals surface area contributed by atoms with Crippen molar-refractivity contribution in [1.82, 2.24) is 19.5 Å². The number of anilines is 3. The summed E-state index contributed by atoms with van der Waals surface area (Å²) < 4.78 is 33.1. The number of nitrogens with one attached hydrogen (secondary N) is 2. The lowest BCUT2D eigenvalue weighted by atomic mass is 10.3. The third kappa shape index (κ3) is 5.47. The minimum absolute atomic E-state index is 0.0595. The Morgan fingerprint density at radius 3 is 2.71 bits per heavy atom. The number of nitrogens with zero attached hydrogens (tertiary/aromatic N) is 3. The summed E-state index contributed by atoms with van der Waals surface area (Å²) in [4.78, 5) is 17.2. The highest BCUT2D eigenvalue weighted by Gasteiger charge is 2.19. The average molecular weight is 461 g/mol. The minimum atomic E-state index is -3.69. The third-order valence-corrected chi connectivity index (χ3v) is 6.51. The molecule has 0 radical (unpaired) electrons. The fraction of sp³-hybridized carbons (Fsp3) is 0.211. The van der Waals surface area contributed by atoms with Gasteiger partial charge < -0.3 is 15.8 Å². The number of benzene rings is 1. The van der Waals surface area contributed by atoms with E-state index < -0.39 is 10.0 Å². The Morgan fingerprint density at radius 2 is 2.06 bits per heavy atom. The van der Waals surface area contributed by atoms with E-state index in [1.165, 1.54) is 23.5 Å². The molecule has 0 atom stereocenters. The number of sulfonamides is 1. The Balaban J connectivity index is 1.66. The number of nitrogens with two attached hydrogens (primary N) is 1. The van der Waals surface area contributed by atoms with Gasteiger partial charge in [0.05, 0.1) is 16.4 Å². The second-order valence-electron chi connectivity index (χ2n) is 6.25. The molecular formula is C19H20N6O4S2. The lowest BCUT2D eigenvalue weighted by molar-refractivity contribution is 0.0951. The SMILES string of the molecule is C#CCOCCNS(=O)(=O)c1ccc(Nc2nc(N)n(C(=O)c3sccc3C)n2)cc1. The predicted molar refractivity (Wildman–Crippen MR) is 118 cm³/mol. The van der Waals surface area contributed by atoms with Crippen LogP contribution in [0.3, 0.4) is 0 Å². The highest BCUT2D eigenvalue weighted by molar-refractivity contribution is 7.89. The Kier molecular flexibility index (Phi) is 7.03. The Labute approximate surface area is 183 Å². The summed E-state index contributed by atoms with van der Waals surface area (Å²) in [5, 5.41) is 8.81. The second kappa shape index (κ2) is 9.71. The first-order valence-electron chi connectivity index (χ1n) is 9.01. The van der Waals surface area contributed by atoms with E-state index in [4.69, 9.17) is 16.9 Å². The van der Waals surface area contributed by atoms with Crippen molar-refractivity contribution in [2.24, 2.45) is 0 Å². The number of nitrogen functional groups attached to an aromatic ring is 1. The molecule has 10 nitrogen and oxygen atoms in total. The van der Waals surface area contributed by atoms with Gasteiger partial charge in [-0.25, -0.2) is 13.1 Å². The first-order valence-corrected chi connectivity index (χ1v) is 11.4. The number of ether oxygens (including phenoxy) is 1. The van der Waals surface area contributed by atoms with Crippen LogP contribution in [0, 0.1) is 19.3 Å². The maximum Gasteiger partial charge on any atom is 0.291 e. The van der Waals surface area contributed by atoms with Crippen molar-refractivity contribution in [2.45, 2.75) is 11.8 Å². The largest absolute Gasteiger partial charge is 0.368 e. The summed E-state index contributed by atoms with van der Waals surface area (Å²) >= 11 is 1.29. The van der Waals surface area contributed by atoms with E-state index >= 15 is 0 Å². The van der Waals surface area contributed by atoms with Crippen LogP contribution in [0.25, 0.3) is 0 Å². The molecule has 0 unspecified atom stereocenters. The van der Waals surface area contributed by atoms with Crippen molar-refractivity contribution < 1.29 is 17.9 Å². The van der Waals surface area contributed by atoms with E-state index in [-0.39, 0.29) is 42.5 Å². The molecule has 0 bridgehead atoms. The van der Waals surface area contributed by atoms with Gasteiger partial charge in [-0.15, -0.1) is 22.9 Å². The van der Waals surface area contributed by atoms with Gasteiger partial charge in [0, 0.05) is 12.2 Å². The van der Waals surface area contributed by atoms with Crippen molar-refractivity contribution >= 4 is 44.9 Å². The molecule has 162 valence electrons. The molecule has 31 heavy (non-hydrogen) atoms. The van der Waals surface area contributed by atoms with E-state index in [2.05, 4.69) is 26.0 Å². The van der Waals surface area contributed by atoms with Crippen LogP contribution in [0.1, 0.15) is 15.2 Å². The van der Waals surface area contributed by atoms with Gasteiger partial charge in [0.1, 0.15) is 6.61 Å². The topological polar surface area (TPSA) is 141 Å². The summed E-state index contributed by atoms with van der Waals surface area (Å²) in [6, 6.07) is 7.77. The zero-order valence-corrected chi connectivity index (χ0v) is 18.2. The number of thiophene rings is 1. The number of rotatable bonds is 9. The van der Waals surface area contributed by atoms with Gasteiger partial charge in [-0.2, -0.15) is 9.67 Å². The Hall–Kier alpha value is -3.24. The second-order valence-corrected chi connectivity index (χ2v) is 8.93. The monoisotopic (exact) mass is 460 g/mol. The number of aryl methyl sites for hydroxylation is 1. The first-order chi connectivity index (χ1) is 14.8. The van der Waals surface area contributed by atoms with E-state index in [1.54, 1.807) is 12.1 Å². The maximum atomic E-state index is 12.6. The van der Waals surface area contributed by atoms with Crippen LogP contribution in [0.15, 0.2) is 40.6 Å². The molecule has 3 rings (SSSR count). The van der Waals surface area contributed by atoms with Crippen LogP contribution in [-0.2, 0) is 14.8 Å². The molecule has 2 heterocycles. The van der Waals surface area contributed by atoms with Crippen molar-refractivity contribution in [2.75, 3.05) is 30.8 Å². The molecule has 0 spiro atoms. The van der Waals surface area contributed by atoms with Crippen LogP contribution < -0.4 is 15.8 Å². The molecule has 0 aliphatic rings. The molecule has 0 saturated heterocycles. The Bertz CT molecular complexity index is 1210. The van der Waals surface area contributed by atoms with Gasteiger partial charge in [0.15, 0.2) is 0 Å². The summed E-state index contributed by atoms with van der Waals surface area (Å²) in [6.45, 7) is 2.21. The summed E-state index contributed by atoms with van der Waals surface area (Å²) in [5.41, 5.74) is 7.18. The molecule has 2 aromatic heterocycles. The standard InChI is InChI=1S/C19H20N6O4S2/c1-3-10-29-11-9-21-31(27,28)15-6-4-14(5-7-15)22-19-23-18(20)25(24-19)17(26)16-13(2)8-12-30-16/h1,4-8,12,21H,9-11H2,2H3,(H3,20,22,23,24). The molecule has 0 aliphatic carbocycles. The number of carbonyl (C=O) groups excluding carboxylic acids is 1. The van der Waals surface area contributed by atoms with Crippen molar-refractivity contribution in [3.63, 3.8) is 0 Å². The molecule has 0 saturated carbocycles. The average Bonchev–Trinajstić information content (AvgIpc) is 3.33. The smallest absolute Gasteiger partial charge is 0.291 e. The summed E-state index contributed by atoms with van der Waals surface area (Å²) in [6.07, 6.45) is 5.06. The number of carbonyl (C=O) groups is 1. The van der Waals surface area contributed by atoms with E-state index in [9.17, 15) is 13.2 Å². The molecule has 12 heteroatoms. The van der Waals surface area contributed by atoms with Crippen LogP contribution in [-0.4, -0.2) is 48.8 Å². The van der Waals surface area contributed by atoms with E-state index in [1.807, 2.05) is 18.4 Å². The lowest BCUT2D eigenvalue weighted by Gasteiger charge is -2.08. The van der Waals surface area contributed by atoms with Crippen LogP contribution in [0.2, 0.25) is 0 Å². The third-order valence-electron chi connectivity index (χ3n) is 4.03. The van der Waals surface area contributed by atoms with Gasteiger partial charge in [0.2, 0.25) is 21.9 Å². The van der Waals surface area contributed by atoms with Gasteiger partial charge >= 0.3 is 0 Å². The Morgan fingerprint density at radius 1 is 1.32 bits per heavy atom. The maximum absolute atomic E-state index is 12.6. The number of aromatic nitrogens is 3.